The van der Waals surface area contributed by atoms with Crippen molar-refractivity contribution in [1.82, 2.24) is 0 Å². The summed E-state index contributed by atoms with van der Waals surface area (Å²) in [6.45, 7) is -0.250. The molecule has 0 aliphatic carbocycles. The standard InChI is InChI=1S/C2H6O2.Ba.H2O.2H/c3-1-2-4;;;;/h3-4H,1-2H2;;1H2;;/q;+2;;2*-1. The third-order valence-corrected chi connectivity index (χ3v) is 0.1000. The van der Waals surface area contributed by atoms with Crippen LogP contribution in [0.2, 0.25) is 0 Å². The molecule has 0 atom stereocenters. The molecule has 0 aromatic rings. The van der Waals surface area contributed by atoms with Crippen molar-refractivity contribution in [3.8, 4) is 0 Å². The van der Waals surface area contributed by atoms with Gasteiger partial charge >= 0.3 is 48.9 Å². The Morgan fingerprint density at radius 1 is 1.17 bits per heavy atom. The van der Waals surface area contributed by atoms with Crippen molar-refractivity contribution in [2.75, 3.05) is 13.2 Å². The molecular weight excluding hydrogens is 209 g/mol. The van der Waals surface area contributed by atoms with Gasteiger partial charge in [-0.3, -0.25) is 0 Å². The first-order valence-corrected chi connectivity index (χ1v) is 1.13. The molecule has 0 fully saturated rings. The van der Waals surface area contributed by atoms with Gasteiger partial charge in [0.2, 0.25) is 0 Å². The molecule has 0 amide bonds. The van der Waals surface area contributed by atoms with E-state index in [4.69, 9.17) is 10.2 Å². The SMILES string of the molecule is O.OCCO.[Ba+2].[H-].[H-]. The Hall–Kier alpha value is 1.45. The fraction of sp³-hybridized carbons (Fsp3) is 1.00. The molecule has 0 radical (unpaired) electrons. The van der Waals surface area contributed by atoms with Gasteiger partial charge < -0.3 is 18.5 Å². The van der Waals surface area contributed by atoms with E-state index in [-0.39, 0.29) is 70.4 Å². The van der Waals surface area contributed by atoms with Gasteiger partial charge in [0, 0.05) is 0 Å². The molecule has 0 saturated heterocycles. The van der Waals surface area contributed by atoms with Gasteiger partial charge in [0.05, 0.1) is 13.2 Å². The number of rotatable bonds is 1. The Morgan fingerprint density at radius 3 is 1.33 bits per heavy atom. The first-order valence-electron chi connectivity index (χ1n) is 1.13. The number of hydrogen-bond donors (Lipinski definition) is 2. The molecule has 4 N–H and O–H groups in total. The summed E-state index contributed by atoms with van der Waals surface area (Å²) in [7, 11) is 0. The van der Waals surface area contributed by atoms with Gasteiger partial charge in [-0.25, -0.2) is 0 Å². The van der Waals surface area contributed by atoms with Crippen LogP contribution in [0.5, 0.6) is 0 Å². The summed E-state index contributed by atoms with van der Waals surface area (Å²) in [5.41, 5.74) is 0. The maximum atomic E-state index is 7.62. The van der Waals surface area contributed by atoms with E-state index < -0.39 is 0 Å². The Morgan fingerprint density at radius 2 is 1.33 bits per heavy atom. The van der Waals surface area contributed by atoms with Crippen molar-refractivity contribution in [3.63, 3.8) is 0 Å². The Labute approximate surface area is 79.7 Å². The van der Waals surface area contributed by atoms with Crippen molar-refractivity contribution in [3.05, 3.63) is 0 Å². The minimum atomic E-state index is -0.125. The molecule has 0 aromatic heterocycles. The Balaban J connectivity index is -0.00000000750. The monoisotopic (exact) mass is 220 g/mol. The van der Waals surface area contributed by atoms with E-state index in [1.54, 1.807) is 0 Å². The van der Waals surface area contributed by atoms with Crippen LogP contribution in [-0.4, -0.2) is 77.8 Å². The quantitative estimate of drug-likeness (QED) is 0.500. The van der Waals surface area contributed by atoms with Gasteiger partial charge in [0.1, 0.15) is 0 Å². The summed E-state index contributed by atoms with van der Waals surface area (Å²) >= 11 is 0. The third kappa shape index (κ3) is 18.0. The second kappa shape index (κ2) is 16.1. The van der Waals surface area contributed by atoms with Crippen LogP contribution in [0.4, 0.5) is 0 Å². The smallest absolute Gasteiger partial charge is 1.00 e. The fourth-order valence-electron chi connectivity index (χ4n) is 0. The minimum Gasteiger partial charge on any atom is -1.00 e. The first kappa shape index (κ1) is 15.7. The average molecular weight is 219 g/mol. The maximum Gasteiger partial charge on any atom is 2.00 e. The van der Waals surface area contributed by atoms with Crippen LogP contribution in [0.3, 0.4) is 0 Å². The second-order valence-electron chi connectivity index (χ2n) is 0.447. The molecule has 0 aliphatic heterocycles. The van der Waals surface area contributed by atoms with E-state index in [0.717, 1.165) is 0 Å². The Bertz CT molecular complexity index is 17.2. The third-order valence-electron chi connectivity index (χ3n) is 0.1000. The first-order chi connectivity index (χ1) is 1.91. The topological polar surface area (TPSA) is 72.0 Å². The van der Waals surface area contributed by atoms with Crippen molar-refractivity contribution in [2.24, 2.45) is 0 Å². The van der Waals surface area contributed by atoms with Gasteiger partial charge in [-0.1, -0.05) is 0 Å². The molecular formula is C2H10BaO3. The van der Waals surface area contributed by atoms with Crippen molar-refractivity contribution in [1.29, 1.82) is 0 Å². The maximum absolute atomic E-state index is 7.62. The molecule has 0 aliphatic rings. The molecule has 0 aromatic carbocycles. The van der Waals surface area contributed by atoms with E-state index >= 15 is 0 Å². The molecule has 0 rings (SSSR count). The molecule has 0 unspecified atom stereocenters. The molecule has 38 valence electrons. The summed E-state index contributed by atoms with van der Waals surface area (Å²) in [4.78, 5) is 0. The molecule has 0 heterocycles. The summed E-state index contributed by atoms with van der Waals surface area (Å²) in [5.74, 6) is 0. The van der Waals surface area contributed by atoms with Crippen molar-refractivity contribution in [2.45, 2.75) is 0 Å². The largest absolute Gasteiger partial charge is 2.00 e. The van der Waals surface area contributed by atoms with Gasteiger partial charge in [-0.05, 0) is 0 Å². The zero-order valence-corrected chi connectivity index (χ0v) is 7.96. The molecule has 6 heavy (non-hydrogen) atoms. The van der Waals surface area contributed by atoms with E-state index in [9.17, 15) is 0 Å². The van der Waals surface area contributed by atoms with Crippen LogP contribution >= 0.6 is 0 Å². The molecule has 0 spiro atoms. The summed E-state index contributed by atoms with van der Waals surface area (Å²) in [6.07, 6.45) is 0. The van der Waals surface area contributed by atoms with Gasteiger partial charge in [-0.2, -0.15) is 0 Å². The fourth-order valence-corrected chi connectivity index (χ4v) is 0. The number of aliphatic hydroxyl groups is 2. The summed E-state index contributed by atoms with van der Waals surface area (Å²) in [5, 5.41) is 15.2. The molecule has 4 heteroatoms. The van der Waals surface area contributed by atoms with Crippen molar-refractivity contribution < 1.29 is 18.5 Å². The van der Waals surface area contributed by atoms with Crippen LogP contribution in [0.15, 0.2) is 0 Å². The van der Waals surface area contributed by atoms with Crippen LogP contribution < -0.4 is 0 Å². The van der Waals surface area contributed by atoms with Crippen molar-refractivity contribution >= 4 is 48.9 Å². The molecule has 0 bridgehead atoms. The van der Waals surface area contributed by atoms with E-state index in [0.29, 0.717) is 0 Å². The minimum absolute atomic E-state index is 0. The van der Waals surface area contributed by atoms with Crippen LogP contribution in [-0.2, 0) is 0 Å². The average Bonchev–Trinajstić information content (AvgIpc) is 1.37. The van der Waals surface area contributed by atoms with Gasteiger partial charge in [0.25, 0.3) is 0 Å². The van der Waals surface area contributed by atoms with E-state index in [1.807, 2.05) is 0 Å². The van der Waals surface area contributed by atoms with E-state index in [2.05, 4.69) is 0 Å². The van der Waals surface area contributed by atoms with Gasteiger partial charge in [-0.15, -0.1) is 0 Å². The zero-order chi connectivity index (χ0) is 3.41. The van der Waals surface area contributed by atoms with Crippen LogP contribution in [0.25, 0.3) is 0 Å². The predicted molar refractivity (Wildman–Crippen MR) is 25.8 cm³/mol. The van der Waals surface area contributed by atoms with Crippen LogP contribution in [0.1, 0.15) is 2.85 Å². The second-order valence-corrected chi connectivity index (χ2v) is 0.447. The summed E-state index contributed by atoms with van der Waals surface area (Å²) < 4.78 is 0. The normalized spacial score (nSPS) is 5.00. The molecule has 3 nitrogen and oxygen atoms in total. The van der Waals surface area contributed by atoms with Crippen LogP contribution in [0, 0.1) is 0 Å². The number of hydrogen-bond acceptors (Lipinski definition) is 2. The molecule has 0 saturated carbocycles. The predicted octanol–water partition coefficient (Wildman–Crippen LogP) is -2.01. The Kier molecular flexibility index (Phi) is 42.0. The zero-order valence-electron chi connectivity index (χ0n) is 5.52. The van der Waals surface area contributed by atoms with Gasteiger partial charge in [0.15, 0.2) is 0 Å². The number of aliphatic hydroxyl groups excluding tert-OH is 2. The van der Waals surface area contributed by atoms with E-state index in [1.165, 1.54) is 0 Å². The summed E-state index contributed by atoms with van der Waals surface area (Å²) in [6, 6.07) is 0.